The second kappa shape index (κ2) is 7.94. The molecule has 0 aliphatic heterocycles. The SMILES string of the molecule is CCN(CCO)C(=O)NC(C)c1nc(-c2ccc(Cl)cc2)no1. The van der Waals surface area contributed by atoms with Crippen LogP contribution < -0.4 is 5.32 Å². The van der Waals surface area contributed by atoms with Gasteiger partial charge in [0.25, 0.3) is 0 Å². The fraction of sp³-hybridized carbons (Fsp3) is 0.400. The van der Waals surface area contributed by atoms with Gasteiger partial charge in [0, 0.05) is 23.7 Å². The Bertz CT molecular complexity index is 644. The van der Waals surface area contributed by atoms with Crippen molar-refractivity contribution in [3.63, 3.8) is 0 Å². The zero-order valence-electron chi connectivity index (χ0n) is 13.0. The van der Waals surface area contributed by atoms with E-state index in [0.29, 0.717) is 23.3 Å². The van der Waals surface area contributed by atoms with Crippen LogP contribution in [0.15, 0.2) is 28.8 Å². The summed E-state index contributed by atoms with van der Waals surface area (Å²) in [6.45, 7) is 4.28. The lowest BCUT2D eigenvalue weighted by molar-refractivity contribution is 0.175. The predicted molar refractivity (Wildman–Crippen MR) is 86.0 cm³/mol. The molecule has 1 heterocycles. The van der Waals surface area contributed by atoms with Gasteiger partial charge < -0.3 is 19.8 Å². The Labute approximate surface area is 139 Å². The highest BCUT2D eigenvalue weighted by Crippen LogP contribution is 2.20. The van der Waals surface area contributed by atoms with E-state index < -0.39 is 6.04 Å². The summed E-state index contributed by atoms with van der Waals surface area (Å²) in [6, 6.07) is 6.34. The minimum atomic E-state index is -0.441. The Hall–Kier alpha value is -2.12. The molecule has 23 heavy (non-hydrogen) atoms. The zero-order chi connectivity index (χ0) is 16.8. The van der Waals surface area contributed by atoms with E-state index in [-0.39, 0.29) is 19.2 Å². The Morgan fingerprint density at radius 1 is 1.43 bits per heavy atom. The molecule has 2 aromatic rings. The molecule has 0 radical (unpaired) electrons. The summed E-state index contributed by atoms with van der Waals surface area (Å²) in [5.74, 6) is 0.740. The molecule has 124 valence electrons. The lowest BCUT2D eigenvalue weighted by Crippen LogP contribution is -2.42. The molecule has 2 amide bonds. The maximum atomic E-state index is 12.1. The van der Waals surface area contributed by atoms with Crippen molar-refractivity contribution in [2.45, 2.75) is 19.9 Å². The highest BCUT2D eigenvalue weighted by molar-refractivity contribution is 6.30. The van der Waals surface area contributed by atoms with Gasteiger partial charge in [0.1, 0.15) is 6.04 Å². The molecule has 0 spiro atoms. The van der Waals surface area contributed by atoms with Crippen molar-refractivity contribution in [1.29, 1.82) is 0 Å². The average molecular weight is 339 g/mol. The van der Waals surface area contributed by atoms with E-state index in [0.717, 1.165) is 5.56 Å². The van der Waals surface area contributed by atoms with Crippen molar-refractivity contribution in [2.75, 3.05) is 19.7 Å². The molecule has 2 N–H and O–H groups in total. The molecule has 1 aromatic carbocycles. The molecular formula is C15H19ClN4O3. The van der Waals surface area contributed by atoms with Crippen LogP contribution in [0, 0.1) is 0 Å². The van der Waals surface area contributed by atoms with Gasteiger partial charge in [-0.05, 0) is 38.1 Å². The van der Waals surface area contributed by atoms with Gasteiger partial charge in [0.2, 0.25) is 11.7 Å². The fourth-order valence-electron chi connectivity index (χ4n) is 1.99. The normalized spacial score (nSPS) is 12.0. The van der Waals surface area contributed by atoms with Gasteiger partial charge in [-0.3, -0.25) is 0 Å². The molecule has 1 aromatic heterocycles. The molecule has 0 saturated heterocycles. The molecule has 0 fully saturated rings. The largest absolute Gasteiger partial charge is 0.395 e. The van der Waals surface area contributed by atoms with Gasteiger partial charge >= 0.3 is 6.03 Å². The van der Waals surface area contributed by atoms with Crippen molar-refractivity contribution in [2.24, 2.45) is 0 Å². The van der Waals surface area contributed by atoms with Gasteiger partial charge in [0.15, 0.2) is 0 Å². The average Bonchev–Trinajstić information content (AvgIpc) is 3.03. The third kappa shape index (κ3) is 4.43. The number of carbonyl (C=O) groups is 1. The smallest absolute Gasteiger partial charge is 0.318 e. The summed E-state index contributed by atoms with van der Waals surface area (Å²) in [6.07, 6.45) is 0. The maximum Gasteiger partial charge on any atom is 0.318 e. The van der Waals surface area contributed by atoms with E-state index >= 15 is 0 Å². The number of aliphatic hydroxyl groups excluding tert-OH is 1. The van der Waals surface area contributed by atoms with Gasteiger partial charge in [-0.2, -0.15) is 4.98 Å². The van der Waals surface area contributed by atoms with E-state index in [9.17, 15) is 4.79 Å². The summed E-state index contributed by atoms with van der Waals surface area (Å²) in [4.78, 5) is 17.8. The Balaban J connectivity index is 2.04. The fourth-order valence-corrected chi connectivity index (χ4v) is 2.12. The summed E-state index contributed by atoms with van der Waals surface area (Å²) >= 11 is 5.85. The highest BCUT2D eigenvalue weighted by atomic mass is 35.5. The Morgan fingerprint density at radius 2 is 2.13 bits per heavy atom. The Kier molecular flexibility index (Phi) is 5.95. The molecular weight excluding hydrogens is 320 g/mol. The number of hydrogen-bond acceptors (Lipinski definition) is 5. The van der Waals surface area contributed by atoms with Crippen molar-refractivity contribution >= 4 is 17.6 Å². The number of nitrogens with one attached hydrogen (secondary N) is 1. The summed E-state index contributed by atoms with van der Waals surface area (Å²) in [5.41, 5.74) is 0.776. The second-order valence-electron chi connectivity index (χ2n) is 4.94. The number of aromatic nitrogens is 2. The minimum absolute atomic E-state index is 0.0864. The van der Waals surface area contributed by atoms with Crippen LogP contribution in [0.2, 0.25) is 5.02 Å². The first-order chi connectivity index (χ1) is 11.0. The first-order valence-corrected chi connectivity index (χ1v) is 7.68. The second-order valence-corrected chi connectivity index (χ2v) is 5.37. The number of likely N-dealkylation sites (N-methyl/N-ethyl adjacent to an activating group) is 1. The zero-order valence-corrected chi connectivity index (χ0v) is 13.7. The van der Waals surface area contributed by atoms with Crippen molar-refractivity contribution in [3.05, 3.63) is 35.2 Å². The van der Waals surface area contributed by atoms with Crippen LogP contribution in [0.25, 0.3) is 11.4 Å². The monoisotopic (exact) mass is 338 g/mol. The first kappa shape index (κ1) is 17.2. The van der Waals surface area contributed by atoms with Crippen LogP contribution in [-0.2, 0) is 0 Å². The minimum Gasteiger partial charge on any atom is -0.395 e. The number of nitrogens with zero attached hydrogens (tertiary/aromatic N) is 3. The number of amides is 2. The van der Waals surface area contributed by atoms with Gasteiger partial charge in [-0.25, -0.2) is 4.79 Å². The Morgan fingerprint density at radius 3 is 2.74 bits per heavy atom. The molecule has 2 rings (SSSR count). The standard InChI is InChI=1S/C15H19ClN4O3/c1-3-20(8-9-21)15(22)17-10(2)14-18-13(19-23-14)11-4-6-12(16)7-5-11/h4-7,10,21H,3,8-9H2,1-2H3,(H,17,22). The third-order valence-corrected chi connectivity index (χ3v) is 3.55. The number of benzene rings is 1. The molecule has 0 aliphatic rings. The van der Waals surface area contributed by atoms with Crippen molar-refractivity contribution in [3.8, 4) is 11.4 Å². The lowest BCUT2D eigenvalue weighted by atomic mass is 10.2. The van der Waals surface area contributed by atoms with E-state index in [1.165, 1.54) is 4.90 Å². The number of aliphatic hydroxyl groups is 1. The molecule has 7 nitrogen and oxygen atoms in total. The van der Waals surface area contributed by atoms with Crippen molar-refractivity contribution in [1.82, 2.24) is 20.4 Å². The van der Waals surface area contributed by atoms with Crippen LogP contribution >= 0.6 is 11.6 Å². The maximum absolute atomic E-state index is 12.1. The third-order valence-electron chi connectivity index (χ3n) is 3.29. The summed E-state index contributed by atoms with van der Waals surface area (Å²) in [7, 11) is 0. The highest BCUT2D eigenvalue weighted by Gasteiger charge is 2.19. The topological polar surface area (TPSA) is 91.5 Å². The van der Waals surface area contributed by atoms with E-state index in [4.69, 9.17) is 21.2 Å². The van der Waals surface area contributed by atoms with Crippen LogP contribution in [0.1, 0.15) is 25.8 Å². The number of hydrogen-bond donors (Lipinski definition) is 2. The predicted octanol–water partition coefficient (Wildman–Crippen LogP) is 2.47. The quantitative estimate of drug-likeness (QED) is 0.844. The number of halogens is 1. The first-order valence-electron chi connectivity index (χ1n) is 7.31. The van der Waals surface area contributed by atoms with Crippen molar-refractivity contribution < 1.29 is 14.4 Å². The van der Waals surface area contributed by atoms with Gasteiger partial charge in [0.05, 0.1) is 6.61 Å². The molecule has 1 atom stereocenters. The van der Waals surface area contributed by atoms with E-state index in [1.54, 1.807) is 31.2 Å². The van der Waals surface area contributed by atoms with E-state index in [1.807, 2.05) is 6.92 Å². The van der Waals surface area contributed by atoms with Crippen LogP contribution in [0.4, 0.5) is 4.79 Å². The number of rotatable bonds is 6. The number of urea groups is 1. The molecule has 1 unspecified atom stereocenters. The van der Waals surface area contributed by atoms with Crippen LogP contribution in [0.3, 0.4) is 0 Å². The van der Waals surface area contributed by atoms with Gasteiger partial charge in [-0.1, -0.05) is 16.8 Å². The number of carbonyl (C=O) groups excluding carboxylic acids is 1. The molecule has 0 aliphatic carbocycles. The van der Waals surface area contributed by atoms with Gasteiger partial charge in [-0.15, -0.1) is 0 Å². The van der Waals surface area contributed by atoms with E-state index in [2.05, 4.69) is 15.5 Å². The van der Waals surface area contributed by atoms with Crippen LogP contribution in [0.5, 0.6) is 0 Å². The summed E-state index contributed by atoms with van der Waals surface area (Å²) in [5, 5.41) is 16.2. The summed E-state index contributed by atoms with van der Waals surface area (Å²) < 4.78 is 5.21. The molecule has 0 bridgehead atoms. The van der Waals surface area contributed by atoms with Crippen LogP contribution in [-0.4, -0.2) is 45.9 Å². The molecule has 8 heteroatoms. The molecule has 0 saturated carbocycles. The lowest BCUT2D eigenvalue weighted by Gasteiger charge is -2.21.